The molecule has 7 heteroatoms. The maximum Gasteiger partial charge on any atom is 0.228 e. The number of amides is 1. The first-order valence-electron chi connectivity index (χ1n) is 8.19. The summed E-state index contributed by atoms with van der Waals surface area (Å²) in [5.74, 6) is 1.52. The summed E-state index contributed by atoms with van der Waals surface area (Å²) in [6.45, 7) is 6.01. The summed E-state index contributed by atoms with van der Waals surface area (Å²) < 4.78 is 0. The molecule has 0 bridgehead atoms. The number of aromatic nitrogens is 1. The Morgan fingerprint density at radius 2 is 1.84 bits per heavy atom. The van der Waals surface area contributed by atoms with Crippen LogP contribution in [0.1, 0.15) is 11.3 Å². The van der Waals surface area contributed by atoms with Gasteiger partial charge in [-0.25, -0.2) is 4.98 Å². The molecule has 1 N–H and O–H groups in total. The van der Waals surface area contributed by atoms with Crippen LogP contribution in [0.3, 0.4) is 0 Å². The summed E-state index contributed by atoms with van der Waals surface area (Å²) in [6.07, 6.45) is 0.426. The quantitative estimate of drug-likeness (QED) is 0.861. The number of hydrogen-bond donors (Lipinski definition) is 1. The Balaban J connectivity index is 0.00000113. The molecule has 2 saturated heterocycles. The van der Waals surface area contributed by atoms with Crippen LogP contribution < -0.4 is 5.32 Å². The van der Waals surface area contributed by atoms with Gasteiger partial charge in [0, 0.05) is 37.1 Å². The van der Waals surface area contributed by atoms with Crippen molar-refractivity contribution in [2.75, 3.05) is 26.2 Å². The normalized spacial score (nSPS) is 21.4. The van der Waals surface area contributed by atoms with Gasteiger partial charge in [-0.15, -0.1) is 36.2 Å². The molecular weight excluding hydrogens is 377 g/mol. The van der Waals surface area contributed by atoms with E-state index in [0.717, 1.165) is 42.4 Å². The number of benzene rings is 1. The molecule has 2 aliphatic rings. The van der Waals surface area contributed by atoms with Crippen molar-refractivity contribution in [3.63, 3.8) is 0 Å². The Labute approximate surface area is 164 Å². The molecular formula is C18H23Cl2N3OS. The number of nitrogens with zero attached hydrogens (tertiary/aromatic N) is 2. The highest BCUT2D eigenvalue weighted by atomic mass is 35.5. The highest BCUT2D eigenvalue weighted by molar-refractivity contribution is 7.13. The second-order valence-electron chi connectivity index (χ2n) is 6.66. The molecule has 4 nitrogen and oxygen atoms in total. The van der Waals surface area contributed by atoms with Crippen LogP contribution in [-0.4, -0.2) is 42.0 Å². The number of carbonyl (C=O) groups is 1. The molecule has 0 aliphatic carbocycles. The van der Waals surface area contributed by atoms with Crippen molar-refractivity contribution in [3.8, 4) is 10.6 Å². The van der Waals surface area contributed by atoms with Crippen LogP contribution in [0.5, 0.6) is 0 Å². The third-order valence-electron chi connectivity index (χ3n) is 4.92. The van der Waals surface area contributed by atoms with Gasteiger partial charge in [0.2, 0.25) is 5.91 Å². The molecule has 1 aromatic heterocycles. The molecule has 2 fully saturated rings. The summed E-state index contributed by atoms with van der Waals surface area (Å²) in [5, 5.41) is 6.43. The highest BCUT2D eigenvalue weighted by Gasteiger charge is 2.37. The first-order chi connectivity index (χ1) is 11.2. The van der Waals surface area contributed by atoms with Crippen molar-refractivity contribution in [2.45, 2.75) is 13.3 Å². The predicted molar refractivity (Wildman–Crippen MR) is 107 cm³/mol. The maximum absolute atomic E-state index is 12.5. The van der Waals surface area contributed by atoms with Gasteiger partial charge in [-0.1, -0.05) is 29.8 Å². The molecule has 1 aromatic carbocycles. The van der Waals surface area contributed by atoms with E-state index in [1.807, 2.05) is 10.3 Å². The maximum atomic E-state index is 12.5. The Morgan fingerprint density at radius 1 is 1.20 bits per heavy atom. The molecule has 2 aliphatic heterocycles. The molecule has 0 saturated carbocycles. The van der Waals surface area contributed by atoms with E-state index in [1.165, 1.54) is 5.56 Å². The van der Waals surface area contributed by atoms with E-state index in [-0.39, 0.29) is 30.7 Å². The minimum Gasteiger partial charge on any atom is -0.342 e. The minimum atomic E-state index is 0. The lowest BCUT2D eigenvalue weighted by molar-refractivity contribution is -0.129. The van der Waals surface area contributed by atoms with Crippen LogP contribution in [0.25, 0.3) is 10.6 Å². The first kappa shape index (κ1) is 20.2. The van der Waals surface area contributed by atoms with E-state index in [1.54, 1.807) is 11.3 Å². The second-order valence-corrected chi connectivity index (χ2v) is 7.52. The van der Waals surface area contributed by atoms with Crippen molar-refractivity contribution >= 4 is 42.1 Å². The largest absolute Gasteiger partial charge is 0.342 e. The van der Waals surface area contributed by atoms with Crippen molar-refractivity contribution < 1.29 is 4.79 Å². The van der Waals surface area contributed by atoms with Crippen molar-refractivity contribution in [1.29, 1.82) is 0 Å². The fourth-order valence-corrected chi connectivity index (χ4v) is 4.37. The van der Waals surface area contributed by atoms with E-state index in [4.69, 9.17) is 0 Å². The standard InChI is InChI=1S/C18H21N3OS.2ClH/c1-12-2-4-13(5-3-12)18-20-16(11-23-18)6-17(22)21-9-14-7-19-8-15(14)10-21;;/h2-5,11,14-15,19H,6-10H2,1H3;2*1H/t14-,15+;;. The lowest BCUT2D eigenvalue weighted by Gasteiger charge is -2.16. The van der Waals surface area contributed by atoms with Gasteiger partial charge in [0.25, 0.3) is 0 Å². The summed E-state index contributed by atoms with van der Waals surface area (Å²) >= 11 is 1.62. The lowest BCUT2D eigenvalue weighted by atomic mass is 10.0. The molecule has 3 heterocycles. The van der Waals surface area contributed by atoms with E-state index in [2.05, 4.69) is 41.5 Å². The third kappa shape index (κ3) is 4.34. The number of carbonyl (C=O) groups excluding carboxylic acids is 1. The van der Waals surface area contributed by atoms with Crippen LogP contribution >= 0.6 is 36.2 Å². The van der Waals surface area contributed by atoms with Crippen LogP contribution in [0.2, 0.25) is 0 Å². The average molecular weight is 400 g/mol. The van der Waals surface area contributed by atoms with Crippen molar-refractivity contribution in [2.24, 2.45) is 11.8 Å². The number of thiazole rings is 1. The molecule has 0 unspecified atom stereocenters. The van der Waals surface area contributed by atoms with Gasteiger partial charge in [-0.2, -0.15) is 0 Å². The van der Waals surface area contributed by atoms with Crippen molar-refractivity contribution in [1.82, 2.24) is 15.2 Å². The zero-order chi connectivity index (χ0) is 15.8. The summed E-state index contributed by atoms with van der Waals surface area (Å²) in [6, 6.07) is 8.38. The number of nitrogens with one attached hydrogen (secondary N) is 1. The van der Waals surface area contributed by atoms with Crippen LogP contribution in [0.4, 0.5) is 0 Å². The Bertz CT molecular complexity index is 707. The Kier molecular flexibility index (Phi) is 6.86. The van der Waals surface area contributed by atoms with Gasteiger partial charge < -0.3 is 10.2 Å². The number of halogens is 2. The van der Waals surface area contributed by atoms with Gasteiger partial charge in [0.05, 0.1) is 12.1 Å². The number of rotatable bonds is 3. The number of hydrogen-bond acceptors (Lipinski definition) is 4. The van der Waals surface area contributed by atoms with Crippen LogP contribution in [0.15, 0.2) is 29.6 Å². The van der Waals surface area contributed by atoms with Gasteiger partial charge >= 0.3 is 0 Å². The smallest absolute Gasteiger partial charge is 0.228 e. The molecule has 25 heavy (non-hydrogen) atoms. The highest BCUT2D eigenvalue weighted by Crippen LogP contribution is 2.28. The third-order valence-corrected chi connectivity index (χ3v) is 5.87. The van der Waals surface area contributed by atoms with Gasteiger partial charge in [-0.3, -0.25) is 4.79 Å². The summed E-state index contributed by atoms with van der Waals surface area (Å²) in [7, 11) is 0. The first-order valence-corrected chi connectivity index (χ1v) is 9.07. The van der Waals surface area contributed by atoms with Crippen molar-refractivity contribution in [3.05, 3.63) is 40.9 Å². The number of fused-ring (bicyclic) bond motifs is 1. The summed E-state index contributed by atoms with van der Waals surface area (Å²) in [5.41, 5.74) is 3.27. The van der Waals surface area contributed by atoms with Gasteiger partial charge in [-0.05, 0) is 18.8 Å². The van der Waals surface area contributed by atoms with Gasteiger partial charge in [0.15, 0.2) is 0 Å². The van der Waals surface area contributed by atoms with Crippen LogP contribution in [-0.2, 0) is 11.2 Å². The predicted octanol–water partition coefficient (Wildman–Crippen LogP) is 3.18. The minimum absolute atomic E-state index is 0. The zero-order valence-corrected chi connectivity index (χ0v) is 16.6. The Morgan fingerprint density at radius 3 is 2.48 bits per heavy atom. The molecule has 0 radical (unpaired) electrons. The number of likely N-dealkylation sites (tertiary alicyclic amines) is 1. The average Bonchev–Trinajstić information content (AvgIpc) is 3.22. The van der Waals surface area contributed by atoms with Crippen LogP contribution in [0, 0.1) is 18.8 Å². The van der Waals surface area contributed by atoms with E-state index >= 15 is 0 Å². The van der Waals surface area contributed by atoms with Gasteiger partial charge in [0.1, 0.15) is 5.01 Å². The topological polar surface area (TPSA) is 45.2 Å². The second kappa shape index (κ2) is 8.49. The van der Waals surface area contributed by atoms with E-state index in [9.17, 15) is 4.79 Å². The molecule has 4 rings (SSSR count). The number of aryl methyl sites for hydroxylation is 1. The van der Waals surface area contributed by atoms with E-state index in [0.29, 0.717) is 18.3 Å². The molecule has 2 atom stereocenters. The molecule has 2 aromatic rings. The Hall–Kier alpha value is -1.14. The lowest BCUT2D eigenvalue weighted by Crippen LogP contribution is -2.33. The monoisotopic (exact) mass is 399 g/mol. The zero-order valence-electron chi connectivity index (χ0n) is 14.1. The molecule has 136 valence electrons. The van der Waals surface area contributed by atoms with E-state index < -0.39 is 0 Å². The summed E-state index contributed by atoms with van der Waals surface area (Å²) in [4.78, 5) is 19.2. The molecule has 1 amide bonds. The fourth-order valence-electron chi connectivity index (χ4n) is 3.54. The SMILES string of the molecule is Cc1ccc(-c2nc(CC(=O)N3C[C@H]4CNC[C@H]4C3)cs2)cc1.Cl.Cl. The molecule has 0 spiro atoms. The fraction of sp³-hybridized carbons (Fsp3) is 0.444.